The monoisotopic (exact) mass is 396 g/mol. The summed E-state index contributed by atoms with van der Waals surface area (Å²) in [5.41, 5.74) is 1.39. The van der Waals surface area contributed by atoms with Crippen LogP contribution in [0.3, 0.4) is 0 Å². The van der Waals surface area contributed by atoms with Crippen LogP contribution in [0.2, 0.25) is 0 Å². The van der Waals surface area contributed by atoms with Crippen molar-refractivity contribution in [1.82, 2.24) is 0 Å². The number of alkyl halides is 1. The maximum absolute atomic E-state index is 6.19. The van der Waals surface area contributed by atoms with Crippen LogP contribution in [0.1, 0.15) is 77.0 Å². The first-order valence-electron chi connectivity index (χ1n) is 10.5. The molecule has 8 saturated carbocycles. The van der Waals surface area contributed by atoms with Crippen LogP contribution >= 0.6 is 15.9 Å². The molecule has 0 N–H and O–H groups in total. The van der Waals surface area contributed by atoms with Crippen LogP contribution in [-0.2, 0) is 0 Å². The zero-order valence-corrected chi connectivity index (χ0v) is 16.8. The van der Waals surface area contributed by atoms with Gasteiger partial charge in [-0.15, -0.1) is 12.8 Å². The van der Waals surface area contributed by atoms with E-state index >= 15 is 0 Å². The van der Waals surface area contributed by atoms with Crippen LogP contribution in [0, 0.1) is 64.1 Å². The number of rotatable bonds is 1. The summed E-state index contributed by atoms with van der Waals surface area (Å²) in [6.45, 7) is 0. The van der Waals surface area contributed by atoms with Gasteiger partial charge in [0.2, 0.25) is 0 Å². The van der Waals surface area contributed by atoms with Gasteiger partial charge in [0.15, 0.2) is 0 Å². The minimum absolute atomic E-state index is 0.176. The Morgan fingerprint density at radius 2 is 1.24 bits per heavy atom. The molecular formula is C24H29Br. The van der Waals surface area contributed by atoms with Crippen molar-refractivity contribution in [1.29, 1.82) is 0 Å². The lowest BCUT2D eigenvalue weighted by Crippen LogP contribution is -2.66. The van der Waals surface area contributed by atoms with Gasteiger partial charge in [0, 0.05) is 15.2 Å². The van der Waals surface area contributed by atoms with E-state index in [1.54, 1.807) is 0 Å². The van der Waals surface area contributed by atoms with Crippen LogP contribution < -0.4 is 0 Å². The summed E-state index contributed by atoms with van der Waals surface area (Å²) in [5.74, 6) is 9.34. The van der Waals surface area contributed by atoms with E-state index < -0.39 is 0 Å². The fraction of sp³-hybridized carbons (Fsp3) is 0.833. The molecule has 0 spiro atoms. The van der Waals surface area contributed by atoms with E-state index in [-0.39, 0.29) is 10.8 Å². The Kier molecular flexibility index (Phi) is 2.73. The number of terminal acetylenes is 2. The molecule has 0 aromatic heterocycles. The summed E-state index contributed by atoms with van der Waals surface area (Å²) in [4.78, 5) is 0. The smallest absolute Gasteiger partial charge is 0.0333 e. The molecule has 25 heavy (non-hydrogen) atoms. The van der Waals surface area contributed by atoms with Gasteiger partial charge >= 0.3 is 0 Å². The van der Waals surface area contributed by atoms with Crippen molar-refractivity contribution < 1.29 is 0 Å². The average Bonchev–Trinajstić information content (AvgIpc) is 2.51. The second-order valence-corrected chi connectivity index (χ2v) is 13.2. The molecule has 0 saturated heterocycles. The molecule has 0 radical (unpaired) electrons. The molecule has 8 aliphatic carbocycles. The van der Waals surface area contributed by atoms with Crippen molar-refractivity contribution in [3.63, 3.8) is 0 Å². The molecule has 8 rings (SSSR count). The van der Waals surface area contributed by atoms with Gasteiger partial charge in [0.05, 0.1) is 0 Å². The van der Waals surface area contributed by atoms with E-state index in [0.29, 0.717) is 15.2 Å². The maximum atomic E-state index is 6.19. The summed E-state index contributed by atoms with van der Waals surface area (Å²) in [6.07, 6.45) is 28.7. The minimum Gasteiger partial charge on any atom is -0.120 e. The molecule has 0 heterocycles. The highest BCUT2D eigenvalue weighted by Crippen LogP contribution is 2.79. The van der Waals surface area contributed by atoms with Gasteiger partial charge < -0.3 is 0 Å². The molecule has 0 nitrogen and oxygen atoms in total. The third kappa shape index (κ3) is 1.83. The molecule has 0 amide bonds. The molecule has 1 heteroatoms. The Bertz CT molecular complexity index is 722. The molecule has 6 unspecified atom stereocenters. The van der Waals surface area contributed by atoms with Crippen LogP contribution in [0.5, 0.6) is 0 Å². The van der Waals surface area contributed by atoms with E-state index in [9.17, 15) is 0 Å². The van der Waals surface area contributed by atoms with Crippen LogP contribution in [0.15, 0.2) is 0 Å². The number of halogens is 1. The predicted octanol–water partition coefficient (Wildman–Crippen LogP) is 5.94. The normalized spacial score (nSPS) is 63.4. The van der Waals surface area contributed by atoms with E-state index in [0.717, 1.165) is 17.8 Å². The van der Waals surface area contributed by atoms with Crippen molar-refractivity contribution >= 4 is 15.9 Å². The second kappa shape index (κ2) is 4.36. The number of hydrogen-bond donors (Lipinski definition) is 0. The van der Waals surface area contributed by atoms with Crippen molar-refractivity contribution in [3.05, 3.63) is 0 Å². The third-order valence-corrected chi connectivity index (χ3v) is 10.7. The molecular weight excluding hydrogens is 368 g/mol. The summed E-state index contributed by atoms with van der Waals surface area (Å²) >= 11 is 4.24. The number of hydrogen-bond acceptors (Lipinski definition) is 0. The summed E-state index contributed by atoms with van der Waals surface area (Å²) in [5, 5.41) is 0. The van der Waals surface area contributed by atoms with Gasteiger partial charge in [-0.3, -0.25) is 0 Å². The van der Waals surface area contributed by atoms with Crippen LogP contribution in [0.25, 0.3) is 0 Å². The molecule has 8 bridgehead atoms. The fourth-order valence-corrected chi connectivity index (χ4v) is 11.7. The lowest BCUT2D eigenvalue weighted by atomic mass is 9.31. The lowest BCUT2D eigenvalue weighted by Gasteiger charge is -2.74. The average molecular weight is 397 g/mol. The molecule has 8 aliphatic rings. The third-order valence-electron chi connectivity index (χ3n) is 9.80. The Morgan fingerprint density at radius 1 is 0.640 bits per heavy atom. The van der Waals surface area contributed by atoms with Gasteiger partial charge in [0.25, 0.3) is 0 Å². The second-order valence-electron chi connectivity index (χ2n) is 11.5. The predicted molar refractivity (Wildman–Crippen MR) is 105 cm³/mol. The van der Waals surface area contributed by atoms with Gasteiger partial charge in [-0.25, -0.2) is 0 Å². The highest BCUT2D eigenvalue weighted by Gasteiger charge is 2.71. The highest BCUT2D eigenvalue weighted by molar-refractivity contribution is 9.10. The van der Waals surface area contributed by atoms with Crippen molar-refractivity contribution in [3.8, 4) is 24.7 Å². The first-order chi connectivity index (χ1) is 11.8. The summed E-state index contributed by atoms with van der Waals surface area (Å²) in [7, 11) is 0. The minimum atomic E-state index is 0.176. The molecule has 0 aromatic carbocycles. The zero-order valence-electron chi connectivity index (χ0n) is 15.2. The van der Waals surface area contributed by atoms with E-state index in [4.69, 9.17) is 12.8 Å². The van der Waals surface area contributed by atoms with Gasteiger partial charge in [-0.05, 0) is 106 Å². The molecule has 8 fully saturated rings. The van der Waals surface area contributed by atoms with Gasteiger partial charge in [-0.2, -0.15) is 0 Å². The summed E-state index contributed by atoms with van der Waals surface area (Å²) < 4.78 is 0.325. The van der Waals surface area contributed by atoms with Crippen molar-refractivity contribution in [2.45, 2.75) is 81.4 Å². The zero-order chi connectivity index (χ0) is 17.1. The Balaban J connectivity index is 1.49. The van der Waals surface area contributed by atoms with E-state index in [1.165, 1.54) is 77.0 Å². The Hall–Kier alpha value is -0.400. The Morgan fingerprint density at radius 3 is 1.88 bits per heavy atom. The first kappa shape index (κ1) is 15.6. The van der Waals surface area contributed by atoms with Crippen LogP contribution in [0.4, 0.5) is 0 Å². The SMILES string of the molecule is C#CC12CC3CC(C1)CC(C14CC5CC(Br)(CC(C#C)(C5)C1)C4)(C3)C2. The van der Waals surface area contributed by atoms with Gasteiger partial charge in [0.1, 0.15) is 0 Å². The van der Waals surface area contributed by atoms with Gasteiger partial charge in [-0.1, -0.05) is 27.8 Å². The van der Waals surface area contributed by atoms with Crippen molar-refractivity contribution in [2.24, 2.45) is 39.4 Å². The molecule has 132 valence electrons. The lowest BCUT2D eigenvalue weighted by molar-refractivity contribution is -0.214. The highest BCUT2D eigenvalue weighted by atomic mass is 79.9. The molecule has 6 atom stereocenters. The molecule has 0 aromatic rings. The van der Waals surface area contributed by atoms with Crippen LogP contribution in [-0.4, -0.2) is 4.32 Å². The van der Waals surface area contributed by atoms with Crippen molar-refractivity contribution in [2.75, 3.05) is 0 Å². The summed E-state index contributed by atoms with van der Waals surface area (Å²) in [6, 6.07) is 0. The molecule has 0 aliphatic heterocycles. The van der Waals surface area contributed by atoms with E-state index in [1.807, 2.05) is 0 Å². The fourth-order valence-electron chi connectivity index (χ4n) is 10.1. The standard InChI is InChI=1S/C24H29Br/c1-3-20-6-17-5-18(7-20)10-22(9-17,13-20)23-11-19-8-21(4-2,14-23)15-24(25,12-19)16-23/h1-2,17-19H,5-16H2. The van der Waals surface area contributed by atoms with E-state index in [2.05, 4.69) is 27.8 Å². The largest absolute Gasteiger partial charge is 0.120 e. The maximum Gasteiger partial charge on any atom is 0.0333 e. The topological polar surface area (TPSA) is 0 Å². The quantitative estimate of drug-likeness (QED) is 0.379. The first-order valence-corrected chi connectivity index (χ1v) is 11.3. The Labute approximate surface area is 161 Å².